The van der Waals surface area contributed by atoms with Gasteiger partial charge in [0.15, 0.2) is 22.9 Å². The van der Waals surface area contributed by atoms with Crippen molar-refractivity contribution in [2.75, 3.05) is 10.6 Å². The fourth-order valence-corrected chi connectivity index (χ4v) is 4.96. The Bertz CT molecular complexity index is 2380. The molecule has 0 saturated carbocycles. The molecule has 1 radical (unpaired) electrons. The maximum Gasteiger partial charge on any atom is 0.298 e. The first-order valence-corrected chi connectivity index (χ1v) is 17.1. The molecule has 0 bridgehead atoms. The smallest absolute Gasteiger partial charge is 0.298 e. The second-order valence-electron chi connectivity index (χ2n) is 10.3. The van der Waals surface area contributed by atoms with E-state index in [1.807, 2.05) is 0 Å². The molecule has 0 fully saturated rings. The Morgan fingerprint density at radius 1 is 0.810 bits per heavy atom. The molecule has 8 N–H and O–H groups in total. The van der Waals surface area contributed by atoms with Gasteiger partial charge in [-0.25, -0.2) is 5.26 Å². The first kappa shape index (κ1) is 47.3. The number of benzene rings is 4. The minimum Gasteiger partial charge on any atom is -0.513 e. The molecule has 0 saturated heterocycles. The van der Waals surface area contributed by atoms with Gasteiger partial charge in [-0.2, -0.15) is 8.42 Å². The average Bonchev–Trinajstić information content (AvgIpc) is 3.16. The number of rotatable bonds is 14. The van der Waals surface area contributed by atoms with E-state index in [0.717, 1.165) is 19.1 Å². The summed E-state index contributed by atoms with van der Waals surface area (Å²) in [7, 11) is -5.02. The Balaban J connectivity index is 0.000000394. The number of amides is 2. The van der Waals surface area contributed by atoms with Gasteiger partial charge >= 0.3 is 0 Å². The van der Waals surface area contributed by atoms with Crippen LogP contribution < -0.4 is 10.6 Å². The van der Waals surface area contributed by atoms with Gasteiger partial charge < -0.3 is 31.1 Å². The molecule has 0 heterocycles. The van der Waals surface area contributed by atoms with E-state index in [4.69, 9.17) is 9.81 Å². The number of nitrogens with one attached hydrogen (secondary N) is 2. The summed E-state index contributed by atoms with van der Waals surface area (Å²) in [6, 6.07) is 19.3. The number of azo groups is 2. The minimum atomic E-state index is -5.02. The van der Waals surface area contributed by atoms with Gasteiger partial charge in [0.05, 0.1) is 26.8 Å². The molecule has 0 aliphatic heterocycles. The molecule has 0 unspecified atom stereocenters. The van der Waals surface area contributed by atoms with Gasteiger partial charge in [-0.3, -0.25) is 34.4 Å². The number of phenolic OH excluding ortho intramolecular Hbond substituents is 2. The number of anilines is 2. The number of nitrogens with zero attached hydrogens (tertiary/aromatic N) is 6. The topological polar surface area (TPSA) is 368 Å². The second-order valence-corrected chi connectivity index (χ2v) is 12.5. The summed E-state index contributed by atoms with van der Waals surface area (Å²) in [5, 5.41) is 91.3. The van der Waals surface area contributed by atoms with E-state index in [2.05, 4.69) is 40.5 Å². The summed E-state index contributed by atoms with van der Waals surface area (Å²) >= 11 is 0.269. The van der Waals surface area contributed by atoms with Crippen molar-refractivity contribution in [2.45, 2.75) is 16.7 Å². The predicted octanol–water partition coefficient (Wildman–Crippen LogP) is 6.91. The van der Waals surface area contributed by atoms with Gasteiger partial charge in [0.1, 0.15) is 28.3 Å². The van der Waals surface area contributed by atoms with Crippen LogP contribution in [-0.4, -0.2) is 60.3 Å². The van der Waals surface area contributed by atoms with E-state index in [1.165, 1.54) is 0 Å². The van der Waals surface area contributed by atoms with Crippen LogP contribution in [0.3, 0.4) is 0 Å². The van der Waals surface area contributed by atoms with Gasteiger partial charge in [0, 0.05) is 52.4 Å². The fourth-order valence-electron chi connectivity index (χ4n) is 3.89. The minimum absolute atomic E-state index is 0. The Labute approximate surface area is 339 Å². The molecule has 0 aliphatic carbocycles. The number of carbonyl (C=O) groups excluding carboxylic acids is 2. The third-order valence-electron chi connectivity index (χ3n) is 6.43. The van der Waals surface area contributed by atoms with E-state index in [-0.39, 0.29) is 33.7 Å². The number of non-ortho nitro benzene ring substituents is 2. The monoisotopic (exact) mass is 889 g/mol. The maximum absolute atomic E-state index is 12.3. The first-order chi connectivity index (χ1) is 27.0. The molecule has 0 aliphatic rings. The predicted molar refractivity (Wildman–Crippen MR) is 195 cm³/mol. The molecular formula is C31H26CoN8O16S2. The van der Waals surface area contributed by atoms with Crippen molar-refractivity contribution in [1.29, 1.82) is 0 Å². The SMILES string of the molecule is C/C(O)=C(/N=Nc1cc([N+](=O)[O-])cc(S(=O)(=O)O)c1O)C(=O)Nc1ccccc1.O=C(Nc1ccccc1)/C(=C/O)N=Nc1cc([N+](=O)[O-])cc(SOOO)c1O.[Co]. The molecule has 4 rings (SSSR count). The molecule has 2 amide bonds. The molecular weight excluding hydrogens is 863 g/mol. The van der Waals surface area contributed by atoms with Crippen LogP contribution in [0.1, 0.15) is 6.92 Å². The van der Waals surface area contributed by atoms with Gasteiger partial charge in [-0.15, -0.1) is 24.8 Å². The van der Waals surface area contributed by atoms with E-state index in [0.29, 0.717) is 29.8 Å². The number of para-hydroxylation sites is 2. The molecule has 0 spiro atoms. The summed E-state index contributed by atoms with van der Waals surface area (Å²) < 4.78 is 35.9. The molecule has 4 aromatic carbocycles. The van der Waals surface area contributed by atoms with Crippen LogP contribution in [0.25, 0.3) is 0 Å². The van der Waals surface area contributed by atoms with Gasteiger partial charge in [-0.1, -0.05) is 41.4 Å². The van der Waals surface area contributed by atoms with E-state index in [9.17, 15) is 58.7 Å². The average molecular weight is 890 g/mol. The molecule has 24 nitrogen and oxygen atoms in total. The molecule has 27 heteroatoms. The summed E-state index contributed by atoms with van der Waals surface area (Å²) in [5.41, 5.74) is -2.75. The Morgan fingerprint density at radius 2 is 1.29 bits per heavy atom. The van der Waals surface area contributed by atoms with Crippen LogP contribution in [-0.2, 0) is 45.9 Å². The van der Waals surface area contributed by atoms with Crippen molar-refractivity contribution < 1.29 is 84.2 Å². The van der Waals surface area contributed by atoms with Crippen molar-refractivity contribution in [3.05, 3.63) is 129 Å². The number of aromatic hydroxyl groups is 2. The third kappa shape index (κ3) is 13.7. The van der Waals surface area contributed by atoms with Gasteiger partial charge in [0.2, 0.25) is 0 Å². The van der Waals surface area contributed by atoms with Crippen LogP contribution in [0, 0.1) is 20.2 Å². The van der Waals surface area contributed by atoms with E-state index >= 15 is 0 Å². The van der Waals surface area contributed by atoms with Crippen LogP contribution in [0.4, 0.5) is 34.1 Å². The number of allylic oxidation sites excluding steroid dienone is 1. The van der Waals surface area contributed by atoms with Crippen molar-refractivity contribution in [3.63, 3.8) is 0 Å². The second kappa shape index (κ2) is 22.0. The maximum atomic E-state index is 12.3. The summed E-state index contributed by atoms with van der Waals surface area (Å²) in [6.07, 6.45) is 0.383. The van der Waals surface area contributed by atoms with Crippen LogP contribution in [0.5, 0.6) is 11.5 Å². The zero-order chi connectivity index (χ0) is 42.3. The number of nitro groups is 2. The quantitative estimate of drug-likeness (QED) is 0.00931. The summed E-state index contributed by atoms with van der Waals surface area (Å²) in [4.78, 5) is 43.2. The Kier molecular flexibility index (Phi) is 18.0. The fraction of sp³-hybridized carbons (Fsp3) is 0.0323. The van der Waals surface area contributed by atoms with E-state index in [1.54, 1.807) is 60.7 Å². The van der Waals surface area contributed by atoms with Gasteiger partial charge in [-0.05, 0) is 31.2 Å². The number of hydrogen-bond acceptors (Lipinski definition) is 20. The number of carbonyl (C=O) groups is 2. The van der Waals surface area contributed by atoms with Gasteiger partial charge in [0.25, 0.3) is 33.3 Å². The van der Waals surface area contributed by atoms with Crippen LogP contribution in [0.15, 0.2) is 139 Å². The Hall–Kier alpha value is -6.85. The van der Waals surface area contributed by atoms with Crippen LogP contribution >= 0.6 is 12.0 Å². The number of phenols is 2. The number of aliphatic hydroxyl groups is 2. The zero-order valence-electron chi connectivity index (χ0n) is 28.8. The Morgan fingerprint density at radius 3 is 1.76 bits per heavy atom. The number of hydrogen-bond donors (Lipinski definition) is 8. The summed E-state index contributed by atoms with van der Waals surface area (Å²) in [6.45, 7) is 1.12. The normalized spacial score (nSPS) is 11.8. The summed E-state index contributed by atoms with van der Waals surface area (Å²) in [5.74, 6) is -3.99. The zero-order valence-corrected chi connectivity index (χ0v) is 31.4. The van der Waals surface area contributed by atoms with Crippen molar-refractivity contribution in [1.82, 2.24) is 0 Å². The largest absolute Gasteiger partial charge is 0.513 e. The molecule has 4 aromatic rings. The number of nitro benzene ring substituents is 2. The first-order valence-electron chi connectivity index (χ1n) is 14.9. The third-order valence-corrected chi connectivity index (χ3v) is 7.92. The molecule has 0 atom stereocenters. The number of aliphatic hydroxyl groups excluding tert-OH is 2. The standard InChI is InChI=1S/C16H14N4O8S.C15H12N4O8S.Co/c1-9(21)14(16(23)17-10-5-3-2-4-6-10)19-18-12-7-11(20(24)25)8-13(15(12)22)29(26,27)28;20-8-12(15(22)16-9-4-2-1-3-5-9)18-17-11-6-10(19(23)24)7-13(14(11)21)28-27-26-25;/h2-8,21-22H,1H3,(H,17,23)(H,26,27,28);1-8,20-21,25H,(H,16,22);/b14-9-,19-18?;12-8-,18-17?;. The van der Waals surface area contributed by atoms with Crippen molar-refractivity contribution in [3.8, 4) is 11.5 Å². The van der Waals surface area contributed by atoms with Crippen LogP contribution in [0.2, 0.25) is 0 Å². The van der Waals surface area contributed by atoms with Crippen molar-refractivity contribution in [2.24, 2.45) is 20.5 Å². The van der Waals surface area contributed by atoms with Crippen molar-refractivity contribution >= 4 is 68.1 Å². The molecule has 0 aromatic heterocycles. The molecule has 58 heavy (non-hydrogen) atoms. The molecule has 307 valence electrons. The van der Waals surface area contributed by atoms with E-state index < -0.39 is 88.1 Å².